The number of carbonyl (C=O) groups is 1. The van der Waals surface area contributed by atoms with Crippen molar-refractivity contribution in [3.05, 3.63) is 53.3 Å². The second kappa shape index (κ2) is 9.15. The molecule has 1 aliphatic rings. The third-order valence-corrected chi connectivity index (χ3v) is 5.14. The Bertz CT molecular complexity index is 734. The lowest BCUT2D eigenvalue weighted by atomic mass is 9.92. The third kappa shape index (κ3) is 4.96. The molecule has 2 atom stereocenters. The Balaban J connectivity index is 1.53. The van der Waals surface area contributed by atoms with E-state index in [-0.39, 0.29) is 12.1 Å². The number of hydrogen-bond donors (Lipinski definition) is 0. The van der Waals surface area contributed by atoms with Crippen LogP contribution in [0.25, 0.3) is 0 Å². The quantitative estimate of drug-likeness (QED) is 0.702. The number of esters is 1. The Morgan fingerprint density at radius 3 is 2.41 bits per heavy atom. The molecule has 1 fully saturated rings. The fraction of sp³-hybridized carbons (Fsp3) is 0.450. The number of rotatable bonds is 6. The maximum atomic E-state index is 12.6. The molecular formula is C20H24ClN3O3. The minimum absolute atomic E-state index is 0.174. The number of aromatic nitrogens is 2. The zero-order valence-corrected chi connectivity index (χ0v) is 16.3. The van der Waals surface area contributed by atoms with Gasteiger partial charge in [-0.25, -0.2) is 14.8 Å². The molecule has 1 aromatic carbocycles. The summed E-state index contributed by atoms with van der Waals surface area (Å²) < 4.78 is 11.1. The third-order valence-electron chi connectivity index (χ3n) is 4.95. The van der Waals surface area contributed by atoms with Crippen LogP contribution in [0.2, 0.25) is 5.02 Å². The highest BCUT2D eigenvalue weighted by Gasteiger charge is 2.30. The van der Waals surface area contributed by atoms with Gasteiger partial charge in [0.2, 0.25) is 5.95 Å². The molecule has 0 unspecified atom stereocenters. The van der Waals surface area contributed by atoms with E-state index in [1.807, 2.05) is 37.3 Å². The topological polar surface area (TPSA) is 64.6 Å². The van der Waals surface area contributed by atoms with E-state index in [4.69, 9.17) is 21.1 Å². The Morgan fingerprint density at radius 1 is 1.19 bits per heavy atom. The summed E-state index contributed by atoms with van der Waals surface area (Å²) in [5, 5.41) is 0.528. The fourth-order valence-electron chi connectivity index (χ4n) is 3.38. The minimum Gasteiger partial charge on any atom is -0.460 e. The van der Waals surface area contributed by atoms with Gasteiger partial charge < -0.3 is 14.4 Å². The van der Waals surface area contributed by atoms with Crippen LogP contribution in [-0.2, 0) is 14.3 Å². The zero-order chi connectivity index (χ0) is 19.2. The van der Waals surface area contributed by atoms with E-state index < -0.39 is 6.10 Å². The van der Waals surface area contributed by atoms with Gasteiger partial charge in [0.1, 0.15) is 6.10 Å². The lowest BCUT2D eigenvalue weighted by Crippen LogP contribution is -2.39. The van der Waals surface area contributed by atoms with Crippen molar-refractivity contribution in [3.63, 3.8) is 0 Å². The van der Waals surface area contributed by atoms with Gasteiger partial charge in [-0.15, -0.1) is 0 Å². The van der Waals surface area contributed by atoms with Gasteiger partial charge in [-0.05, 0) is 31.2 Å². The summed E-state index contributed by atoms with van der Waals surface area (Å²) in [7, 11) is 1.52. The molecule has 144 valence electrons. The second-order valence-corrected chi connectivity index (χ2v) is 7.13. The van der Waals surface area contributed by atoms with Crippen LogP contribution in [0.1, 0.15) is 31.4 Å². The molecule has 0 radical (unpaired) electrons. The Hall–Kier alpha value is -2.18. The van der Waals surface area contributed by atoms with Crippen molar-refractivity contribution in [2.75, 3.05) is 25.1 Å². The predicted octanol–water partition coefficient (Wildman–Crippen LogP) is 3.67. The Morgan fingerprint density at radius 2 is 1.81 bits per heavy atom. The average Bonchev–Trinajstić information content (AvgIpc) is 2.70. The highest BCUT2D eigenvalue weighted by Crippen LogP contribution is 2.27. The summed E-state index contributed by atoms with van der Waals surface area (Å²) in [6.45, 7) is 3.59. The molecule has 6 nitrogen and oxygen atoms in total. The summed E-state index contributed by atoms with van der Waals surface area (Å²) in [6, 6.07) is 9.40. The highest BCUT2D eigenvalue weighted by atomic mass is 35.5. The average molecular weight is 390 g/mol. The van der Waals surface area contributed by atoms with Gasteiger partial charge in [-0.3, -0.25) is 0 Å². The van der Waals surface area contributed by atoms with Gasteiger partial charge in [0.05, 0.1) is 17.4 Å². The van der Waals surface area contributed by atoms with Crippen molar-refractivity contribution in [1.29, 1.82) is 0 Å². The van der Waals surface area contributed by atoms with Crippen LogP contribution in [0.15, 0.2) is 42.7 Å². The number of carbonyl (C=O) groups excluding carboxylic acids is 1. The van der Waals surface area contributed by atoms with E-state index in [0.717, 1.165) is 31.5 Å². The molecule has 1 saturated heterocycles. The summed E-state index contributed by atoms with van der Waals surface area (Å²) in [5.74, 6) is 0.636. The lowest BCUT2D eigenvalue weighted by molar-refractivity contribution is -0.163. The highest BCUT2D eigenvalue weighted by molar-refractivity contribution is 6.30. The number of halogens is 1. The first-order valence-corrected chi connectivity index (χ1v) is 9.47. The molecule has 0 bridgehead atoms. The predicted molar refractivity (Wildman–Crippen MR) is 104 cm³/mol. The molecule has 2 aromatic rings. The molecule has 0 N–H and O–H groups in total. The number of nitrogens with zero attached hydrogens (tertiary/aromatic N) is 3. The van der Waals surface area contributed by atoms with Crippen molar-refractivity contribution in [1.82, 2.24) is 9.97 Å². The molecule has 1 aromatic heterocycles. The van der Waals surface area contributed by atoms with Gasteiger partial charge in [0, 0.05) is 20.2 Å². The van der Waals surface area contributed by atoms with E-state index in [1.54, 1.807) is 12.4 Å². The van der Waals surface area contributed by atoms with E-state index in [1.165, 1.54) is 7.11 Å². The van der Waals surface area contributed by atoms with Crippen molar-refractivity contribution < 1.29 is 14.3 Å². The number of piperidine rings is 1. The normalized spacial score (nSPS) is 17.4. The maximum absolute atomic E-state index is 12.6. The Labute approximate surface area is 164 Å². The minimum atomic E-state index is -0.698. The molecule has 1 aliphatic heterocycles. The van der Waals surface area contributed by atoms with Crippen LogP contribution in [-0.4, -0.2) is 42.2 Å². The monoisotopic (exact) mass is 389 g/mol. The van der Waals surface area contributed by atoms with Gasteiger partial charge in [0.25, 0.3) is 0 Å². The molecule has 0 saturated carbocycles. The molecule has 0 amide bonds. The standard InChI is InChI=1S/C20H24ClN3O3/c1-14(27-19(25)18(26-2)16-6-4-3-5-7-16)15-8-10-24(11-9-15)20-22-12-17(21)13-23-20/h3-7,12-15,18H,8-11H2,1-2H3/t14-,18+/m1/s1. The zero-order valence-electron chi connectivity index (χ0n) is 15.5. The molecule has 3 rings (SSSR count). The smallest absolute Gasteiger partial charge is 0.340 e. The first-order chi connectivity index (χ1) is 13.1. The molecule has 0 aliphatic carbocycles. The van der Waals surface area contributed by atoms with Crippen LogP contribution in [0.4, 0.5) is 5.95 Å². The largest absolute Gasteiger partial charge is 0.460 e. The lowest BCUT2D eigenvalue weighted by Gasteiger charge is -2.34. The molecule has 27 heavy (non-hydrogen) atoms. The van der Waals surface area contributed by atoms with Crippen LogP contribution in [0.5, 0.6) is 0 Å². The number of ether oxygens (including phenoxy) is 2. The molecule has 0 spiro atoms. The van der Waals surface area contributed by atoms with E-state index in [2.05, 4.69) is 14.9 Å². The first kappa shape index (κ1) is 19.6. The van der Waals surface area contributed by atoms with Gasteiger partial charge >= 0.3 is 5.97 Å². The Kier molecular flexibility index (Phi) is 6.63. The summed E-state index contributed by atoms with van der Waals surface area (Å²) in [6.07, 6.45) is 4.15. The summed E-state index contributed by atoms with van der Waals surface area (Å²) >= 11 is 5.84. The maximum Gasteiger partial charge on any atom is 0.340 e. The summed E-state index contributed by atoms with van der Waals surface area (Å²) in [4.78, 5) is 23.2. The van der Waals surface area contributed by atoms with Crippen molar-refractivity contribution in [2.24, 2.45) is 5.92 Å². The number of benzene rings is 1. The van der Waals surface area contributed by atoms with Gasteiger partial charge in [-0.2, -0.15) is 0 Å². The van der Waals surface area contributed by atoms with Crippen LogP contribution in [0, 0.1) is 5.92 Å². The van der Waals surface area contributed by atoms with Crippen molar-refractivity contribution in [2.45, 2.75) is 32.0 Å². The molecular weight excluding hydrogens is 366 g/mol. The second-order valence-electron chi connectivity index (χ2n) is 6.69. The number of methoxy groups -OCH3 is 1. The first-order valence-electron chi connectivity index (χ1n) is 9.09. The molecule has 2 heterocycles. The van der Waals surface area contributed by atoms with Crippen molar-refractivity contribution in [3.8, 4) is 0 Å². The van der Waals surface area contributed by atoms with Gasteiger partial charge in [0.15, 0.2) is 6.10 Å². The van der Waals surface area contributed by atoms with E-state index >= 15 is 0 Å². The van der Waals surface area contributed by atoms with E-state index in [0.29, 0.717) is 16.9 Å². The summed E-state index contributed by atoms with van der Waals surface area (Å²) in [5.41, 5.74) is 0.798. The van der Waals surface area contributed by atoms with Crippen LogP contribution in [0.3, 0.4) is 0 Å². The number of anilines is 1. The number of hydrogen-bond acceptors (Lipinski definition) is 6. The van der Waals surface area contributed by atoms with E-state index in [9.17, 15) is 4.79 Å². The van der Waals surface area contributed by atoms with Crippen LogP contribution < -0.4 is 4.90 Å². The fourth-order valence-corrected chi connectivity index (χ4v) is 3.47. The van der Waals surface area contributed by atoms with Crippen molar-refractivity contribution >= 4 is 23.5 Å². The van der Waals surface area contributed by atoms with Gasteiger partial charge in [-0.1, -0.05) is 41.9 Å². The molecule has 7 heteroatoms. The SMILES string of the molecule is CO[C@H](C(=O)O[C@H](C)C1CCN(c2ncc(Cl)cn2)CC1)c1ccccc1. The van der Waals surface area contributed by atoms with Crippen LogP contribution >= 0.6 is 11.6 Å².